The van der Waals surface area contributed by atoms with Gasteiger partial charge >= 0.3 is 5.97 Å². The summed E-state index contributed by atoms with van der Waals surface area (Å²) in [5, 5.41) is 5.54. The third kappa shape index (κ3) is 6.01. The van der Waals surface area contributed by atoms with Crippen LogP contribution in [0.1, 0.15) is 24.2 Å². The number of anilines is 2. The molecule has 0 heterocycles. The van der Waals surface area contributed by atoms with Gasteiger partial charge in [0.05, 0.1) is 10.6 Å². The normalized spacial score (nSPS) is 11.4. The van der Waals surface area contributed by atoms with Crippen LogP contribution in [0, 0.1) is 0 Å². The smallest absolute Gasteiger partial charge is 0.340 e. The van der Waals surface area contributed by atoms with Crippen LogP contribution >= 0.6 is 23.4 Å². The Morgan fingerprint density at radius 2 is 1.63 bits per heavy atom. The molecule has 2 rings (SSSR count). The predicted molar refractivity (Wildman–Crippen MR) is 107 cm³/mol. The first kappa shape index (κ1) is 20.8. The molecular weight excluding hydrogens is 388 g/mol. The lowest BCUT2D eigenvalue weighted by Gasteiger charge is -2.14. The molecule has 2 amide bonds. The first-order valence-electron chi connectivity index (χ1n) is 8.03. The topological polar surface area (TPSA) is 84.5 Å². The van der Waals surface area contributed by atoms with Gasteiger partial charge in [0.2, 0.25) is 5.91 Å². The van der Waals surface area contributed by atoms with Crippen LogP contribution in [-0.4, -0.2) is 30.1 Å². The Balaban J connectivity index is 1.99. The number of carbonyl (C=O) groups is 3. The van der Waals surface area contributed by atoms with Gasteiger partial charge in [-0.1, -0.05) is 11.6 Å². The van der Waals surface area contributed by atoms with Crippen molar-refractivity contribution in [2.24, 2.45) is 0 Å². The van der Waals surface area contributed by atoms with Crippen molar-refractivity contribution >= 4 is 52.5 Å². The van der Waals surface area contributed by atoms with Crippen molar-refractivity contribution < 1.29 is 19.1 Å². The zero-order valence-electron chi connectivity index (χ0n) is 15.0. The summed E-state index contributed by atoms with van der Waals surface area (Å²) >= 11 is 7.52. The highest BCUT2D eigenvalue weighted by Gasteiger charge is 2.21. The Kier molecular flexibility index (Phi) is 7.27. The van der Waals surface area contributed by atoms with Crippen LogP contribution in [0.25, 0.3) is 0 Å². The van der Waals surface area contributed by atoms with Gasteiger partial charge in [0, 0.05) is 23.2 Å². The molecule has 142 valence electrons. The highest BCUT2D eigenvalue weighted by atomic mass is 35.5. The number of ether oxygens (including phenoxy) is 1. The van der Waals surface area contributed by atoms with Gasteiger partial charge in [-0.05, 0) is 55.6 Å². The number of hydrogen-bond donors (Lipinski definition) is 2. The van der Waals surface area contributed by atoms with Crippen molar-refractivity contribution in [1.29, 1.82) is 0 Å². The summed E-state index contributed by atoms with van der Waals surface area (Å²) in [6.45, 7) is 2.89. The monoisotopic (exact) mass is 406 g/mol. The van der Waals surface area contributed by atoms with Crippen molar-refractivity contribution in [2.45, 2.75) is 24.8 Å². The lowest BCUT2D eigenvalue weighted by atomic mass is 10.2. The SMILES string of the molecule is CSc1ccc(Cl)c(C(=O)O[C@@H](C)C(=O)Nc2ccc(NC(C)=O)cc2)c1. The number of thioether (sulfide) groups is 1. The molecule has 0 saturated heterocycles. The molecule has 6 nitrogen and oxygen atoms in total. The molecule has 0 unspecified atom stereocenters. The van der Waals surface area contributed by atoms with E-state index in [4.69, 9.17) is 16.3 Å². The predicted octanol–water partition coefficient (Wildman–Crippen LogP) is 4.20. The molecule has 0 aliphatic carbocycles. The van der Waals surface area contributed by atoms with Gasteiger partial charge in [-0.15, -0.1) is 11.8 Å². The first-order chi connectivity index (χ1) is 12.8. The van der Waals surface area contributed by atoms with Crippen LogP contribution in [0.5, 0.6) is 0 Å². The molecule has 2 aromatic carbocycles. The molecule has 0 spiro atoms. The Morgan fingerprint density at radius 1 is 1.04 bits per heavy atom. The summed E-state index contributed by atoms with van der Waals surface area (Å²) in [5.41, 5.74) is 1.34. The lowest BCUT2D eigenvalue weighted by Crippen LogP contribution is -2.30. The highest BCUT2D eigenvalue weighted by molar-refractivity contribution is 7.98. The Labute approximate surface area is 166 Å². The van der Waals surface area contributed by atoms with Gasteiger partial charge in [-0.2, -0.15) is 0 Å². The van der Waals surface area contributed by atoms with Crippen LogP contribution in [0.15, 0.2) is 47.4 Å². The van der Waals surface area contributed by atoms with Crippen molar-refractivity contribution in [1.82, 2.24) is 0 Å². The van der Waals surface area contributed by atoms with E-state index in [2.05, 4.69) is 10.6 Å². The van der Waals surface area contributed by atoms with Crippen molar-refractivity contribution in [3.63, 3.8) is 0 Å². The fourth-order valence-electron chi connectivity index (χ4n) is 2.15. The second-order valence-electron chi connectivity index (χ2n) is 5.64. The van der Waals surface area contributed by atoms with Crippen molar-refractivity contribution in [3.05, 3.63) is 53.1 Å². The average molecular weight is 407 g/mol. The fourth-order valence-corrected chi connectivity index (χ4v) is 2.78. The minimum absolute atomic E-state index is 0.184. The maximum Gasteiger partial charge on any atom is 0.340 e. The van der Waals surface area contributed by atoms with E-state index in [0.29, 0.717) is 11.4 Å². The molecule has 8 heteroatoms. The molecule has 0 radical (unpaired) electrons. The summed E-state index contributed by atoms with van der Waals surface area (Å²) < 4.78 is 5.23. The van der Waals surface area contributed by atoms with Crippen LogP contribution in [0.3, 0.4) is 0 Å². The summed E-state index contributed by atoms with van der Waals surface area (Å²) in [6, 6.07) is 11.6. The van der Waals surface area contributed by atoms with E-state index >= 15 is 0 Å². The number of nitrogens with one attached hydrogen (secondary N) is 2. The molecule has 2 N–H and O–H groups in total. The standard InChI is InChI=1S/C19H19ClN2O4S/c1-11(26-19(25)16-10-15(27-3)8-9-17(16)20)18(24)22-14-6-4-13(5-7-14)21-12(2)23/h4-11H,1-3H3,(H,21,23)(H,22,24)/t11-/m0/s1. The quantitative estimate of drug-likeness (QED) is 0.554. The summed E-state index contributed by atoms with van der Waals surface area (Å²) in [4.78, 5) is 36.4. The molecule has 27 heavy (non-hydrogen) atoms. The molecule has 2 aromatic rings. The van der Waals surface area contributed by atoms with E-state index in [1.54, 1.807) is 42.5 Å². The highest BCUT2D eigenvalue weighted by Crippen LogP contribution is 2.24. The first-order valence-corrected chi connectivity index (χ1v) is 9.63. The third-order valence-corrected chi connectivity index (χ3v) is 4.57. The summed E-state index contributed by atoms with van der Waals surface area (Å²) in [6.07, 6.45) is 0.868. The zero-order chi connectivity index (χ0) is 20.0. The number of benzene rings is 2. The van der Waals surface area contributed by atoms with E-state index in [1.807, 2.05) is 6.26 Å². The van der Waals surface area contributed by atoms with Gasteiger partial charge < -0.3 is 15.4 Å². The van der Waals surface area contributed by atoms with Crippen LogP contribution in [0.4, 0.5) is 11.4 Å². The number of hydrogen-bond acceptors (Lipinski definition) is 5. The van der Waals surface area contributed by atoms with E-state index in [1.165, 1.54) is 25.6 Å². The van der Waals surface area contributed by atoms with Gasteiger partial charge in [-0.25, -0.2) is 4.79 Å². The number of rotatable bonds is 6. The lowest BCUT2D eigenvalue weighted by molar-refractivity contribution is -0.123. The van der Waals surface area contributed by atoms with Crippen molar-refractivity contribution in [2.75, 3.05) is 16.9 Å². The molecule has 0 aromatic heterocycles. The van der Waals surface area contributed by atoms with Crippen LogP contribution < -0.4 is 10.6 Å². The average Bonchev–Trinajstić information content (AvgIpc) is 2.63. The largest absolute Gasteiger partial charge is 0.449 e. The van der Waals surface area contributed by atoms with Crippen molar-refractivity contribution in [3.8, 4) is 0 Å². The Morgan fingerprint density at radius 3 is 2.19 bits per heavy atom. The van der Waals surface area contributed by atoms with Crippen LogP contribution in [-0.2, 0) is 14.3 Å². The van der Waals surface area contributed by atoms with Gasteiger partial charge in [0.25, 0.3) is 5.91 Å². The molecular formula is C19H19ClN2O4S. The van der Waals surface area contributed by atoms with Crippen LogP contribution in [0.2, 0.25) is 5.02 Å². The minimum atomic E-state index is -1.01. The van der Waals surface area contributed by atoms with Gasteiger partial charge in [-0.3, -0.25) is 9.59 Å². The van der Waals surface area contributed by atoms with E-state index in [-0.39, 0.29) is 16.5 Å². The molecule has 1 atom stereocenters. The van der Waals surface area contributed by atoms with E-state index in [0.717, 1.165) is 4.90 Å². The maximum atomic E-state index is 12.3. The second kappa shape index (κ2) is 9.43. The minimum Gasteiger partial charge on any atom is -0.449 e. The fraction of sp³-hybridized carbons (Fsp3) is 0.211. The van der Waals surface area contributed by atoms with E-state index < -0.39 is 18.0 Å². The number of esters is 1. The Bertz CT molecular complexity index is 855. The third-order valence-electron chi connectivity index (χ3n) is 3.52. The number of amides is 2. The summed E-state index contributed by atoms with van der Waals surface area (Å²) in [5.74, 6) is -1.33. The molecule has 0 aliphatic heterocycles. The summed E-state index contributed by atoms with van der Waals surface area (Å²) in [7, 11) is 0. The zero-order valence-corrected chi connectivity index (χ0v) is 16.6. The molecule has 0 saturated carbocycles. The van der Waals surface area contributed by atoms with Gasteiger partial charge in [0.15, 0.2) is 6.10 Å². The second-order valence-corrected chi connectivity index (χ2v) is 6.93. The molecule has 0 fully saturated rings. The maximum absolute atomic E-state index is 12.3. The van der Waals surface area contributed by atoms with E-state index in [9.17, 15) is 14.4 Å². The Hall–Kier alpha value is -2.51. The van der Waals surface area contributed by atoms with Gasteiger partial charge in [0.1, 0.15) is 0 Å². The number of halogens is 1. The number of carbonyl (C=O) groups excluding carboxylic acids is 3. The molecule has 0 bridgehead atoms. The molecule has 0 aliphatic rings.